The summed E-state index contributed by atoms with van der Waals surface area (Å²) >= 11 is 0. The minimum absolute atomic E-state index is 0.407. The van der Waals surface area contributed by atoms with Gasteiger partial charge in [-0.25, -0.2) is 0 Å². The van der Waals surface area contributed by atoms with Crippen molar-refractivity contribution in [1.29, 1.82) is 0 Å². The van der Waals surface area contributed by atoms with Crippen LogP contribution in [0.3, 0.4) is 0 Å². The molecule has 0 aliphatic heterocycles. The molecule has 1 amide bonds. The van der Waals surface area contributed by atoms with Crippen LogP contribution >= 0.6 is 0 Å². The topological polar surface area (TPSA) is 63.3 Å². The van der Waals surface area contributed by atoms with Crippen LogP contribution in [-0.4, -0.2) is 17.1 Å². The van der Waals surface area contributed by atoms with Gasteiger partial charge in [-0.15, -0.1) is 0 Å². The lowest BCUT2D eigenvalue weighted by Crippen LogP contribution is -2.17. The normalized spacial score (nSPS) is 12.4. The van der Waals surface area contributed by atoms with Gasteiger partial charge in [0, 0.05) is 5.56 Å². The van der Waals surface area contributed by atoms with E-state index in [-0.39, 0.29) is 0 Å². The van der Waals surface area contributed by atoms with Crippen molar-refractivity contribution in [2.45, 2.75) is 25.9 Å². The van der Waals surface area contributed by atoms with Gasteiger partial charge in [0.25, 0.3) is 0 Å². The summed E-state index contributed by atoms with van der Waals surface area (Å²) in [4.78, 5) is 11.0. The number of hydrogen-bond acceptors (Lipinski definition) is 2. The summed E-state index contributed by atoms with van der Waals surface area (Å²) < 4.78 is 0. The predicted molar refractivity (Wildman–Crippen MR) is 55.0 cm³/mol. The molecule has 3 nitrogen and oxygen atoms in total. The number of benzene rings is 1. The lowest BCUT2D eigenvalue weighted by atomic mass is 10.0. The fraction of sp³-hybridized carbons (Fsp3) is 0.364. The predicted octanol–water partition coefficient (Wildman–Crippen LogP) is 1.10. The van der Waals surface area contributed by atoms with Crippen LogP contribution in [0.4, 0.5) is 0 Å². The van der Waals surface area contributed by atoms with Gasteiger partial charge < -0.3 is 10.8 Å². The molecule has 0 bridgehead atoms. The van der Waals surface area contributed by atoms with Crippen LogP contribution in [0.5, 0.6) is 0 Å². The maximum atomic E-state index is 11.0. The summed E-state index contributed by atoms with van der Waals surface area (Å²) in [7, 11) is 0. The van der Waals surface area contributed by atoms with Crippen molar-refractivity contribution >= 4 is 5.91 Å². The molecule has 1 atom stereocenters. The molecule has 1 aromatic rings. The molecule has 1 rings (SSSR count). The summed E-state index contributed by atoms with van der Waals surface area (Å²) in [6.45, 7) is 1.90. The first-order valence-electron chi connectivity index (χ1n) is 4.71. The molecule has 14 heavy (non-hydrogen) atoms. The smallest absolute Gasteiger partial charge is 0.248 e. The van der Waals surface area contributed by atoms with Crippen molar-refractivity contribution in [2.75, 3.05) is 0 Å². The third kappa shape index (κ3) is 2.57. The number of carbonyl (C=O) groups is 1. The van der Waals surface area contributed by atoms with Gasteiger partial charge in [-0.1, -0.05) is 25.1 Å². The van der Waals surface area contributed by atoms with Crippen LogP contribution in [0.25, 0.3) is 0 Å². The molecule has 1 unspecified atom stereocenters. The average molecular weight is 193 g/mol. The first-order chi connectivity index (χ1) is 6.65. The monoisotopic (exact) mass is 193 g/mol. The van der Waals surface area contributed by atoms with Gasteiger partial charge in [-0.2, -0.15) is 0 Å². The molecule has 3 heteroatoms. The quantitative estimate of drug-likeness (QED) is 0.752. The highest BCUT2D eigenvalue weighted by atomic mass is 16.3. The van der Waals surface area contributed by atoms with Crippen molar-refractivity contribution in [3.63, 3.8) is 0 Å². The molecule has 3 N–H and O–H groups in total. The molecule has 0 aliphatic carbocycles. The Kier molecular flexibility index (Phi) is 3.65. The summed E-state index contributed by atoms with van der Waals surface area (Å²) in [5.41, 5.74) is 6.53. The molecule has 0 radical (unpaired) electrons. The molecular formula is C11H15NO2. The van der Waals surface area contributed by atoms with Gasteiger partial charge in [0.1, 0.15) is 0 Å². The highest BCUT2D eigenvalue weighted by molar-refractivity contribution is 5.94. The molecule has 0 fully saturated rings. The summed E-state index contributed by atoms with van der Waals surface area (Å²) in [6, 6.07) is 7.10. The fourth-order valence-electron chi connectivity index (χ4n) is 1.34. The van der Waals surface area contributed by atoms with Crippen LogP contribution in [0.2, 0.25) is 0 Å². The van der Waals surface area contributed by atoms with E-state index in [1.54, 1.807) is 12.1 Å². The maximum Gasteiger partial charge on any atom is 0.248 e. The highest BCUT2D eigenvalue weighted by Gasteiger charge is 2.10. The Morgan fingerprint density at radius 1 is 1.50 bits per heavy atom. The number of rotatable bonds is 4. The molecule has 76 valence electrons. The van der Waals surface area contributed by atoms with Crippen LogP contribution in [0.15, 0.2) is 24.3 Å². The van der Waals surface area contributed by atoms with Gasteiger partial charge in [0.15, 0.2) is 0 Å². The van der Waals surface area contributed by atoms with E-state index >= 15 is 0 Å². The molecule has 0 saturated carbocycles. The second kappa shape index (κ2) is 4.77. The minimum atomic E-state index is -0.441. The summed E-state index contributed by atoms with van der Waals surface area (Å²) in [5, 5.41) is 9.47. The van der Waals surface area contributed by atoms with Crippen LogP contribution in [0.1, 0.15) is 29.3 Å². The zero-order valence-electron chi connectivity index (χ0n) is 8.23. The van der Waals surface area contributed by atoms with E-state index in [1.165, 1.54) is 0 Å². The molecule has 1 aromatic carbocycles. The second-order valence-electron chi connectivity index (χ2n) is 3.29. The second-order valence-corrected chi connectivity index (χ2v) is 3.29. The number of nitrogens with two attached hydrogens (primary N) is 1. The van der Waals surface area contributed by atoms with Crippen LogP contribution in [-0.2, 0) is 6.42 Å². The standard InChI is InChI=1S/C11H15NO2/c1-2-9(13)7-8-5-3-4-6-10(8)11(12)14/h3-6,9,13H,2,7H2,1H3,(H2,12,14). The molecular weight excluding hydrogens is 178 g/mol. The zero-order valence-corrected chi connectivity index (χ0v) is 8.23. The number of primary amides is 1. The maximum absolute atomic E-state index is 11.0. The molecule has 0 aromatic heterocycles. The molecule has 0 saturated heterocycles. The number of hydrogen-bond donors (Lipinski definition) is 2. The molecule has 0 heterocycles. The van der Waals surface area contributed by atoms with Gasteiger partial charge in [-0.05, 0) is 24.5 Å². The Morgan fingerprint density at radius 3 is 2.71 bits per heavy atom. The highest BCUT2D eigenvalue weighted by Crippen LogP contribution is 2.11. The Labute approximate surface area is 83.6 Å². The Balaban J connectivity index is 2.90. The van der Waals surface area contributed by atoms with Gasteiger partial charge >= 0.3 is 0 Å². The number of aliphatic hydroxyl groups is 1. The van der Waals surface area contributed by atoms with E-state index in [4.69, 9.17) is 5.73 Å². The number of amides is 1. The summed E-state index contributed by atoms with van der Waals surface area (Å²) in [6.07, 6.45) is 0.749. The van der Waals surface area contributed by atoms with Crippen molar-refractivity contribution < 1.29 is 9.90 Å². The van der Waals surface area contributed by atoms with Crippen molar-refractivity contribution in [2.24, 2.45) is 5.73 Å². The van der Waals surface area contributed by atoms with Crippen molar-refractivity contribution in [3.05, 3.63) is 35.4 Å². The largest absolute Gasteiger partial charge is 0.393 e. The lowest BCUT2D eigenvalue weighted by molar-refractivity contribution is 0.0998. The fourth-order valence-corrected chi connectivity index (χ4v) is 1.34. The van der Waals surface area contributed by atoms with E-state index in [9.17, 15) is 9.90 Å². The molecule has 0 spiro atoms. The molecule has 0 aliphatic rings. The number of aliphatic hydroxyl groups excluding tert-OH is 1. The van der Waals surface area contributed by atoms with E-state index < -0.39 is 12.0 Å². The van der Waals surface area contributed by atoms with E-state index in [2.05, 4.69) is 0 Å². The van der Waals surface area contributed by atoms with Gasteiger partial charge in [-0.3, -0.25) is 4.79 Å². The minimum Gasteiger partial charge on any atom is -0.393 e. The summed E-state index contributed by atoms with van der Waals surface area (Å²) in [5.74, 6) is -0.441. The SMILES string of the molecule is CCC(O)Cc1ccccc1C(N)=O. The Bertz CT molecular complexity index is 323. The van der Waals surface area contributed by atoms with Gasteiger partial charge in [0.2, 0.25) is 5.91 Å². The Hall–Kier alpha value is -1.35. The number of carbonyl (C=O) groups excluding carboxylic acids is 1. The van der Waals surface area contributed by atoms with Crippen molar-refractivity contribution in [3.8, 4) is 0 Å². The van der Waals surface area contributed by atoms with Crippen molar-refractivity contribution in [1.82, 2.24) is 0 Å². The average Bonchev–Trinajstić information content (AvgIpc) is 2.18. The van der Waals surface area contributed by atoms with Gasteiger partial charge in [0.05, 0.1) is 6.10 Å². The lowest BCUT2D eigenvalue weighted by Gasteiger charge is -2.10. The third-order valence-electron chi connectivity index (χ3n) is 2.21. The zero-order chi connectivity index (χ0) is 10.6. The Morgan fingerprint density at radius 2 is 2.14 bits per heavy atom. The first kappa shape index (κ1) is 10.7. The van der Waals surface area contributed by atoms with E-state index in [0.717, 1.165) is 5.56 Å². The van der Waals surface area contributed by atoms with Crippen LogP contribution < -0.4 is 5.73 Å². The van der Waals surface area contributed by atoms with Crippen LogP contribution in [0, 0.1) is 0 Å². The first-order valence-corrected chi connectivity index (χ1v) is 4.71. The third-order valence-corrected chi connectivity index (χ3v) is 2.21. The van der Waals surface area contributed by atoms with E-state index in [0.29, 0.717) is 18.4 Å². The van der Waals surface area contributed by atoms with E-state index in [1.807, 2.05) is 19.1 Å².